The van der Waals surface area contributed by atoms with Crippen molar-refractivity contribution in [2.24, 2.45) is 7.05 Å². The molecular weight excluding hydrogens is 372 g/mol. The zero-order valence-corrected chi connectivity index (χ0v) is 17.3. The molecule has 3 rings (SSSR count). The average Bonchev–Trinajstić information content (AvgIpc) is 3.02. The Labute approximate surface area is 169 Å². The average molecular weight is 397 g/mol. The third kappa shape index (κ3) is 4.72. The van der Waals surface area contributed by atoms with E-state index >= 15 is 0 Å². The van der Waals surface area contributed by atoms with Crippen molar-refractivity contribution in [3.8, 4) is 5.75 Å². The Morgan fingerprint density at radius 3 is 2.68 bits per heavy atom. The van der Waals surface area contributed by atoms with Crippen LogP contribution in [0.5, 0.6) is 5.75 Å². The zero-order valence-electron chi connectivity index (χ0n) is 16.5. The van der Waals surface area contributed by atoms with Crippen LogP contribution in [0.2, 0.25) is 0 Å². The fourth-order valence-corrected chi connectivity index (χ4v) is 3.58. The summed E-state index contributed by atoms with van der Waals surface area (Å²) in [5.74, 6) is 1.39. The summed E-state index contributed by atoms with van der Waals surface area (Å²) in [6, 6.07) is 15.8. The van der Waals surface area contributed by atoms with E-state index < -0.39 is 0 Å². The van der Waals surface area contributed by atoms with Crippen LogP contribution in [0.15, 0.2) is 53.7 Å². The number of aryl methyl sites for hydroxylation is 1. The van der Waals surface area contributed by atoms with Crippen LogP contribution < -0.4 is 10.1 Å². The van der Waals surface area contributed by atoms with Gasteiger partial charge in [-0.1, -0.05) is 48.2 Å². The van der Waals surface area contributed by atoms with Gasteiger partial charge >= 0.3 is 0 Å². The second kappa shape index (κ2) is 8.93. The summed E-state index contributed by atoms with van der Waals surface area (Å²) in [4.78, 5) is 12.7. The van der Waals surface area contributed by atoms with E-state index in [1.807, 2.05) is 61.9 Å². The quantitative estimate of drug-likeness (QED) is 0.615. The molecule has 1 heterocycles. The van der Waals surface area contributed by atoms with E-state index in [0.717, 1.165) is 11.4 Å². The highest BCUT2D eigenvalue weighted by Crippen LogP contribution is 2.28. The molecule has 0 aliphatic rings. The normalized spacial score (nSPS) is 11.9. The van der Waals surface area contributed by atoms with Gasteiger partial charge in [0.25, 0.3) is 0 Å². The molecule has 1 N–H and O–H groups in total. The Morgan fingerprint density at radius 2 is 1.96 bits per heavy atom. The van der Waals surface area contributed by atoms with Crippen LogP contribution in [-0.4, -0.2) is 33.0 Å². The van der Waals surface area contributed by atoms with Gasteiger partial charge in [0, 0.05) is 13.5 Å². The number of aromatic nitrogens is 3. The van der Waals surface area contributed by atoms with Gasteiger partial charge in [-0.05, 0) is 37.1 Å². The molecule has 6 nitrogen and oxygen atoms in total. The molecule has 1 amide bonds. The lowest BCUT2D eigenvalue weighted by Gasteiger charge is -2.14. The van der Waals surface area contributed by atoms with Gasteiger partial charge in [-0.15, -0.1) is 10.2 Å². The van der Waals surface area contributed by atoms with Gasteiger partial charge in [-0.2, -0.15) is 0 Å². The van der Waals surface area contributed by atoms with Crippen molar-refractivity contribution in [3.63, 3.8) is 0 Å². The van der Waals surface area contributed by atoms with Crippen molar-refractivity contribution in [3.05, 3.63) is 65.5 Å². The van der Waals surface area contributed by atoms with Gasteiger partial charge in [0.15, 0.2) is 5.16 Å². The highest BCUT2D eigenvalue weighted by molar-refractivity contribution is 8.00. The molecule has 146 valence electrons. The Hall–Kier alpha value is -2.80. The molecule has 1 atom stereocenters. The first-order chi connectivity index (χ1) is 13.5. The Bertz CT molecular complexity index is 956. The van der Waals surface area contributed by atoms with E-state index in [9.17, 15) is 4.79 Å². The summed E-state index contributed by atoms with van der Waals surface area (Å²) in [5, 5.41) is 11.9. The molecule has 1 aromatic heterocycles. The standard InChI is InChI=1S/C21H24N4O2S/c1-14-10-11-18(27-4)17(12-14)22-20(26)15(2)28-21-24-23-19(25(21)3)13-16-8-6-5-7-9-16/h5-12,15H,13H2,1-4H3,(H,22,26)/t15-/m0/s1. The van der Waals surface area contributed by atoms with Crippen molar-refractivity contribution in [2.45, 2.75) is 30.7 Å². The largest absolute Gasteiger partial charge is 0.495 e. The van der Waals surface area contributed by atoms with Crippen molar-refractivity contribution >= 4 is 23.4 Å². The minimum Gasteiger partial charge on any atom is -0.495 e. The van der Waals surface area contributed by atoms with Crippen molar-refractivity contribution < 1.29 is 9.53 Å². The number of benzene rings is 2. The first-order valence-electron chi connectivity index (χ1n) is 9.02. The topological polar surface area (TPSA) is 69.0 Å². The molecule has 3 aromatic rings. The third-order valence-electron chi connectivity index (χ3n) is 4.39. The molecule has 0 bridgehead atoms. The SMILES string of the molecule is COc1ccc(C)cc1NC(=O)[C@H](C)Sc1nnc(Cc2ccccc2)n1C. The van der Waals surface area contributed by atoms with Gasteiger partial charge in [0.05, 0.1) is 18.0 Å². The Kier molecular flexibility index (Phi) is 6.36. The fourth-order valence-electron chi connectivity index (χ4n) is 2.75. The molecule has 7 heteroatoms. The van der Waals surface area contributed by atoms with Crippen molar-refractivity contribution in [1.29, 1.82) is 0 Å². The summed E-state index contributed by atoms with van der Waals surface area (Å²) < 4.78 is 7.27. The van der Waals surface area contributed by atoms with E-state index in [1.165, 1.54) is 17.3 Å². The van der Waals surface area contributed by atoms with E-state index in [1.54, 1.807) is 7.11 Å². The number of ether oxygens (including phenoxy) is 1. The van der Waals surface area contributed by atoms with Gasteiger partial charge in [0.2, 0.25) is 5.91 Å². The van der Waals surface area contributed by atoms with E-state index in [-0.39, 0.29) is 11.2 Å². The molecule has 28 heavy (non-hydrogen) atoms. The highest BCUT2D eigenvalue weighted by Gasteiger charge is 2.20. The molecular formula is C21H24N4O2S. The maximum absolute atomic E-state index is 12.7. The number of nitrogens with one attached hydrogen (secondary N) is 1. The van der Waals surface area contributed by atoms with Crippen LogP contribution in [0.3, 0.4) is 0 Å². The number of thioether (sulfide) groups is 1. The number of methoxy groups -OCH3 is 1. The Morgan fingerprint density at radius 1 is 1.21 bits per heavy atom. The highest BCUT2D eigenvalue weighted by atomic mass is 32.2. The number of carbonyl (C=O) groups is 1. The van der Waals surface area contributed by atoms with E-state index in [0.29, 0.717) is 23.0 Å². The van der Waals surface area contributed by atoms with E-state index in [2.05, 4.69) is 27.6 Å². The monoisotopic (exact) mass is 396 g/mol. The molecule has 0 saturated carbocycles. The summed E-state index contributed by atoms with van der Waals surface area (Å²) >= 11 is 1.38. The van der Waals surface area contributed by atoms with Gasteiger partial charge < -0.3 is 14.6 Å². The molecule has 0 fully saturated rings. The molecule has 0 spiro atoms. The number of nitrogens with zero attached hydrogens (tertiary/aromatic N) is 3. The van der Waals surface area contributed by atoms with Gasteiger partial charge in [0.1, 0.15) is 11.6 Å². The molecule has 2 aromatic carbocycles. The summed E-state index contributed by atoms with van der Waals surface area (Å²) in [6.45, 7) is 3.83. The molecule has 0 radical (unpaired) electrons. The summed E-state index contributed by atoms with van der Waals surface area (Å²) in [5.41, 5.74) is 2.89. The Balaban J connectivity index is 1.67. The molecule has 0 aliphatic heterocycles. The number of anilines is 1. The summed E-state index contributed by atoms with van der Waals surface area (Å²) in [7, 11) is 3.52. The minimum atomic E-state index is -0.335. The molecule has 0 unspecified atom stereocenters. The molecule has 0 saturated heterocycles. The lowest BCUT2D eigenvalue weighted by Crippen LogP contribution is -2.23. The van der Waals surface area contributed by atoms with Crippen LogP contribution in [0, 0.1) is 6.92 Å². The zero-order chi connectivity index (χ0) is 20.1. The predicted octanol–water partition coefficient (Wildman–Crippen LogP) is 3.84. The number of rotatable bonds is 7. The van der Waals surface area contributed by atoms with Crippen LogP contribution in [0.1, 0.15) is 23.9 Å². The predicted molar refractivity (Wildman–Crippen MR) is 112 cm³/mol. The maximum atomic E-state index is 12.7. The first-order valence-corrected chi connectivity index (χ1v) is 9.90. The van der Waals surface area contributed by atoms with Crippen molar-refractivity contribution in [2.75, 3.05) is 12.4 Å². The lowest BCUT2D eigenvalue weighted by atomic mass is 10.1. The second-order valence-corrected chi connectivity index (χ2v) is 7.88. The smallest absolute Gasteiger partial charge is 0.237 e. The van der Waals surface area contributed by atoms with E-state index in [4.69, 9.17) is 4.74 Å². The minimum absolute atomic E-state index is 0.110. The van der Waals surface area contributed by atoms with Crippen molar-refractivity contribution in [1.82, 2.24) is 14.8 Å². The third-order valence-corrected chi connectivity index (χ3v) is 5.53. The van der Waals surface area contributed by atoms with Crippen LogP contribution in [0.25, 0.3) is 0 Å². The lowest BCUT2D eigenvalue weighted by molar-refractivity contribution is -0.115. The maximum Gasteiger partial charge on any atom is 0.237 e. The van der Waals surface area contributed by atoms with Gasteiger partial charge in [-0.3, -0.25) is 4.79 Å². The van der Waals surface area contributed by atoms with Crippen LogP contribution in [-0.2, 0) is 18.3 Å². The number of hydrogen-bond acceptors (Lipinski definition) is 5. The number of hydrogen-bond donors (Lipinski definition) is 1. The van der Waals surface area contributed by atoms with Gasteiger partial charge in [-0.25, -0.2) is 0 Å². The number of amides is 1. The number of carbonyl (C=O) groups excluding carboxylic acids is 1. The first kappa shape index (κ1) is 19.9. The second-order valence-electron chi connectivity index (χ2n) is 6.57. The summed E-state index contributed by atoms with van der Waals surface area (Å²) in [6.07, 6.45) is 0.700. The fraction of sp³-hybridized carbons (Fsp3) is 0.286. The molecule has 0 aliphatic carbocycles. The van der Waals surface area contributed by atoms with Crippen LogP contribution >= 0.6 is 11.8 Å². The van der Waals surface area contributed by atoms with Crippen LogP contribution in [0.4, 0.5) is 5.69 Å².